The molecule has 0 unspecified atom stereocenters. The van der Waals surface area contributed by atoms with Crippen LogP contribution in [0.15, 0.2) is 48.2 Å². The van der Waals surface area contributed by atoms with Gasteiger partial charge in [-0.05, 0) is 29.8 Å². The lowest BCUT2D eigenvalue weighted by Crippen LogP contribution is -2.38. The summed E-state index contributed by atoms with van der Waals surface area (Å²) < 4.78 is 10.5. The van der Waals surface area contributed by atoms with Gasteiger partial charge in [0.15, 0.2) is 11.5 Å². The van der Waals surface area contributed by atoms with Crippen molar-refractivity contribution in [2.45, 2.75) is 20.8 Å². The van der Waals surface area contributed by atoms with E-state index in [9.17, 15) is 19.7 Å². The van der Waals surface area contributed by atoms with Crippen LogP contribution in [0.25, 0.3) is 6.08 Å². The molecule has 0 bridgehead atoms. The summed E-state index contributed by atoms with van der Waals surface area (Å²) in [6.07, 6.45) is 1.45. The van der Waals surface area contributed by atoms with Gasteiger partial charge in [-0.3, -0.25) is 19.7 Å². The summed E-state index contributed by atoms with van der Waals surface area (Å²) >= 11 is 0. The second kappa shape index (κ2) is 9.75. The van der Waals surface area contributed by atoms with Crippen LogP contribution in [0.1, 0.15) is 26.3 Å². The number of nitrogens with one attached hydrogen (secondary N) is 2. The Kier molecular flexibility index (Phi) is 7.36. The van der Waals surface area contributed by atoms with Crippen LogP contribution in [0.5, 0.6) is 11.5 Å². The van der Waals surface area contributed by atoms with Gasteiger partial charge >= 0.3 is 0 Å². The SMILES string of the molecule is COc1ccc(/C=C(/NC(=O)C(C)(C)C)C(=O)Nc2ccccc2[N+](=O)[O-])cc1OC. The fourth-order valence-corrected chi connectivity index (χ4v) is 2.51. The average molecular weight is 427 g/mol. The van der Waals surface area contributed by atoms with E-state index in [-0.39, 0.29) is 17.1 Å². The summed E-state index contributed by atoms with van der Waals surface area (Å²) in [6.45, 7) is 5.11. The highest BCUT2D eigenvalue weighted by Gasteiger charge is 2.25. The van der Waals surface area contributed by atoms with Gasteiger partial charge in [-0.2, -0.15) is 0 Å². The number of para-hydroxylation sites is 2. The zero-order chi connectivity index (χ0) is 23.2. The molecular weight excluding hydrogens is 402 g/mol. The Morgan fingerprint density at radius 3 is 2.26 bits per heavy atom. The molecule has 9 nitrogen and oxygen atoms in total. The van der Waals surface area contributed by atoms with E-state index in [0.29, 0.717) is 17.1 Å². The monoisotopic (exact) mass is 427 g/mol. The predicted molar refractivity (Wildman–Crippen MR) is 117 cm³/mol. The van der Waals surface area contributed by atoms with Crippen molar-refractivity contribution in [2.24, 2.45) is 5.41 Å². The average Bonchev–Trinajstić information content (AvgIpc) is 2.72. The van der Waals surface area contributed by atoms with E-state index in [4.69, 9.17) is 9.47 Å². The Morgan fingerprint density at radius 1 is 1.03 bits per heavy atom. The minimum atomic E-state index is -0.768. The van der Waals surface area contributed by atoms with Crippen LogP contribution in [0, 0.1) is 15.5 Å². The van der Waals surface area contributed by atoms with Crippen LogP contribution in [0.3, 0.4) is 0 Å². The first-order valence-electron chi connectivity index (χ1n) is 9.36. The molecule has 0 aliphatic heterocycles. The van der Waals surface area contributed by atoms with Crippen molar-refractivity contribution in [2.75, 3.05) is 19.5 Å². The van der Waals surface area contributed by atoms with Gasteiger partial charge < -0.3 is 20.1 Å². The Labute approximate surface area is 180 Å². The van der Waals surface area contributed by atoms with Crippen molar-refractivity contribution in [3.8, 4) is 11.5 Å². The molecule has 0 saturated heterocycles. The van der Waals surface area contributed by atoms with Gasteiger partial charge in [0.1, 0.15) is 11.4 Å². The molecule has 2 N–H and O–H groups in total. The number of nitrogens with zero attached hydrogens (tertiary/aromatic N) is 1. The van der Waals surface area contributed by atoms with E-state index in [1.807, 2.05) is 0 Å². The van der Waals surface area contributed by atoms with Crippen molar-refractivity contribution >= 4 is 29.3 Å². The van der Waals surface area contributed by atoms with E-state index in [2.05, 4.69) is 10.6 Å². The Morgan fingerprint density at radius 2 is 1.68 bits per heavy atom. The number of benzene rings is 2. The van der Waals surface area contributed by atoms with Crippen molar-refractivity contribution < 1.29 is 24.0 Å². The molecule has 2 aromatic carbocycles. The van der Waals surface area contributed by atoms with Crippen molar-refractivity contribution in [1.29, 1.82) is 0 Å². The lowest BCUT2D eigenvalue weighted by atomic mass is 9.95. The number of hydrogen-bond acceptors (Lipinski definition) is 6. The molecule has 9 heteroatoms. The third kappa shape index (κ3) is 6.05. The zero-order valence-corrected chi connectivity index (χ0v) is 18.0. The van der Waals surface area contributed by atoms with Gasteiger partial charge in [0.25, 0.3) is 11.6 Å². The molecule has 2 rings (SSSR count). The molecule has 0 atom stereocenters. The van der Waals surface area contributed by atoms with Crippen molar-refractivity contribution in [3.63, 3.8) is 0 Å². The first-order chi connectivity index (χ1) is 14.6. The number of carbonyl (C=O) groups is 2. The van der Waals surface area contributed by atoms with Gasteiger partial charge in [0, 0.05) is 11.5 Å². The van der Waals surface area contributed by atoms with E-state index < -0.39 is 22.2 Å². The summed E-state index contributed by atoms with van der Waals surface area (Å²) in [5.74, 6) is -0.153. The molecule has 0 saturated carbocycles. The predicted octanol–water partition coefficient (Wildman–Crippen LogP) is 3.75. The molecule has 0 heterocycles. The second-order valence-corrected chi connectivity index (χ2v) is 7.60. The molecular formula is C22H25N3O6. The molecule has 0 aliphatic rings. The summed E-state index contributed by atoms with van der Waals surface area (Å²) in [5, 5.41) is 16.4. The van der Waals surface area contributed by atoms with E-state index >= 15 is 0 Å². The van der Waals surface area contributed by atoms with Crippen LogP contribution in [0.2, 0.25) is 0 Å². The van der Waals surface area contributed by atoms with Gasteiger partial charge in [-0.25, -0.2) is 0 Å². The number of carbonyl (C=O) groups excluding carboxylic acids is 2. The summed E-state index contributed by atoms with van der Waals surface area (Å²) in [6, 6.07) is 10.7. The lowest BCUT2D eigenvalue weighted by Gasteiger charge is -2.19. The molecule has 164 valence electrons. The normalized spacial score (nSPS) is 11.5. The number of ether oxygens (including phenoxy) is 2. The molecule has 2 amide bonds. The van der Waals surface area contributed by atoms with Crippen molar-refractivity contribution in [3.05, 3.63) is 63.8 Å². The number of amides is 2. The van der Waals surface area contributed by atoms with E-state index in [1.165, 1.54) is 38.5 Å². The second-order valence-electron chi connectivity index (χ2n) is 7.60. The third-order valence-corrected chi connectivity index (χ3v) is 4.24. The Balaban J connectivity index is 2.46. The van der Waals surface area contributed by atoms with Gasteiger partial charge in [0.05, 0.1) is 19.1 Å². The summed E-state index contributed by atoms with van der Waals surface area (Å²) in [5.41, 5.74) is -0.538. The highest BCUT2D eigenvalue weighted by atomic mass is 16.6. The number of nitro groups is 1. The number of rotatable bonds is 7. The number of hydrogen-bond donors (Lipinski definition) is 2. The molecule has 0 aromatic heterocycles. The molecule has 0 aliphatic carbocycles. The fourth-order valence-electron chi connectivity index (χ4n) is 2.51. The van der Waals surface area contributed by atoms with Gasteiger partial charge in [-0.1, -0.05) is 39.0 Å². The molecule has 0 fully saturated rings. The molecule has 2 aromatic rings. The van der Waals surface area contributed by atoms with E-state index in [1.54, 1.807) is 45.0 Å². The van der Waals surface area contributed by atoms with Crippen LogP contribution < -0.4 is 20.1 Å². The molecule has 31 heavy (non-hydrogen) atoms. The fraction of sp³-hybridized carbons (Fsp3) is 0.273. The first kappa shape index (κ1) is 23.4. The van der Waals surface area contributed by atoms with Gasteiger partial charge in [-0.15, -0.1) is 0 Å². The smallest absolute Gasteiger partial charge is 0.292 e. The molecule has 0 radical (unpaired) electrons. The Hall–Kier alpha value is -3.88. The first-order valence-corrected chi connectivity index (χ1v) is 9.36. The van der Waals surface area contributed by atoms with Crippen LogP contribution in [0.4, 0.5) is 11.4 Å². The van der Waals surface area contributed by atoms with E-state index in [0.717, 1.165) is 0 Å². The number of anilines is 1. The Bertz CT molecular complexity index is 1020. The standard InChI is InChI=1S/C22H25N3O6/c1-22(2,3)21(27)24-16(12-14-10-11-18(30-4)19(13-14)31-5)20(26)23-15-8-6-7-9-17(15)25(28)29/h6-13H,1-5H3,(H,23,26)(H,24,27)/b16-12+. The highest BCUT2D eigenvalue weighted by molar-refractivity contribution is 6.09. The third-order valence-electron chi connectivity index (χ3n) is 4.24. The molecule has 0 spiro atoms. The maximum absolute atomic E-state index is 13.0. The number of nitro benzene ring substituents is 1. The zero-order valence-electron chi connectivity index (χ0n) is 18.0. The maximum atomic E-state index is 13.0. The van der Waals surface area contributed by atoms with Crippen molar-refractivity contribution in [1.82, 2.24) is 5.32 Å². The minimum Gasteiger partial charge on any atom is -0.493 e. The minimum absolute atomic E-state index is 0.0146. The largest absolute Gasteiger partial charge is 0.493 e. The topological polar surface area (TPSA) is 120 Å². The van der Waals surface area contributed by atoms with Gasteiger partial charge in [0.2, 0.25) is 5.91 Å². The van der Waals surface area contributed by atoms with Crippen LogP contribution >= 0.6 is 0 Å². The number of methoxy groups -OCH3 is 2. The van der Waals surface area contributed by atoms with Crippen LogP contribution in [-0.2, 0) is 9.59 Å². The highest BCUT2D eigenvalue weighted by Crippen LogP contribution is 2.29. The summed E-state index contributed by atoms with van der Waals surface area (Å²) in [4.78, 5) is 36.1. The quantitative estimate of drug-likeness (QED) is 0.394. The summed E-state index contributed by atoms with van der Waals surface area (Å²) in [7, 11) is 2.98. The maximum Gasteiger partial charge on any atom is 0.292 e. The van der Waals surface area contributed by atoms with Crippen LogP contribution in [-0.4, -0.2) is 31.0 Å². The lowest BCUT2D eigenvalue weighted by molar-refractivity contribution is -0.383.